The van der Waals surface area contributed by atoms with Gasteiger partial charge in [-0.05, 0) is 56.0 Å². The third-order valence-corrected chi connectivity index (χ3v) is 5.63. The Balaban J connectivity index is 1.58. The van der Waals surface area contributed by atoms with Gasteiger partial charge in [0, 0.05) is 25.2 Å². The van der Waals surface area contributed by atoms with Gasteiger partial charge in [0.25, 0.3) is 11.8 Å². The topological polar surface area (TPSA) is 67.2 Å². The largest absolute Gasteiger partial charge is 0.355 e. The van der Waals surface area contributed by atoms with Crippen LogP contribution in [-0.2, 0) is 6.54 Å². The van der Waals surface area contributed by atoms with Crippen LogP contribution in [0.4, 0.5) is 0 Å². The third-order valence-electron chi connectivity index (χ3n) is 5.63. The van der Waals surface area contributed by atoms with E-state index in [0.29, 0.717) is 17.7 Å². The number of aromatic nitrogens is 2. The maximum absolute atomic E-state index is 13.4. The summed E-state index contributed by atoms with van der Waals surface area (Å²) >= 11 is 0. The first kappa shape index (κ1) is 19.9. The Hall–Kier alpha value is -3.41. The van der Waals surface area contributed by atoms with E-state index < -0.39 is 0 Å². The summed E-state index contributed by atoms with van der Waals surface area (Å²) < 4.78 is 1.84. The maximum Gasteiger partial charge on any atom is 0.257 e. The van der Waals surface area contributed by atoms with Crippen LogP contribution in [0, 0.1) is 13.8 Å². The third kappa shape index (κ3) is 3.85. The second-order valence-electron chi connectivity index (χ2n) is 7.78. The predicted molar refractivity (Wildman–Crippen MR) is 116 cm³/mol. The van der Waals surface area contributed by atoms with E-state index in [1.165, 1.54) is 0 Å². The Kier molecular flexibility index (Phi) is 5.40. The van der Waals surface area contributed by atoms with Gasteiger partial charge in [-0.3, -0.25) is 9.59 Å². The van der Waals surface area contributed by atoms with Gasteiger partial charge < -0.3 is 10.2 Å². The van der Waals surface area contributed by atoms with Crippen molar-refractivity contribution in [3.05, 3.63) is 82.7 Å². The minimum atomic E-state index is -0.115. The average molecular weight is 402 g/mol. The first-order valence-corrected chi connectivity index (χ1v) is 10.2. The molecule has 0 unspecified atom stereocenters. The van der Waals surface area contributed by atoms with E-state index in [9.17, 15) is 9.59 Å². The molecule has 1 saturated carbocycles. The fraction of sp³-hybridized carbons (Fsp3) is 0.292. The Morgan fingerprint density at radius 3 is 2.43 bits per heavy atom. The number of hydrogen-bond acceptors (Lipinski definition) is 3. The lowest BCUT2D eigenvalue weighted by atomic mass is 10.1. The first-order chi connectivity index (χ1) is 14.5. The number of aryl methyl sites for hydroxylation is 1. The number of benzene rings is 2. The van der Waals surface area contributed by atoms with Crippen LogP contribution in [0.15, 0.2) is 54.7 Å². The molecule has 0 aliphatic heterocycles. The highest BCUT2D eigenvalue weighted by molar-refractivity contribution is 5.96. The number of carbonyl (C=O) groups excluding carboxylic acids is 2. The Bertz CT molecular complexity index is 1080. The molecule has 1 aliphatic carbocycles. The average Bonchev–Trinajstić information content (AvgIpc) is 3.54. The van der Waals surface area contributed by atoms with Crippen LogP contribution in [0.1, 0.15) is 50.4 Å². The molecule has 0 atom stereocenters. The minimum absolute atomic E-state index is 0.00483. The number of nitrogens with one attached hydrogen (secondary N) is 1. The standard InChI is InChI=1S/C24H26N4O2/c1-16-6-4-5-7-22(16)28-17(2)21(14-26-28)24(30)27(20-12-13-20)15-18-8-10-19(11-9-18)23(29)25-3/h4-11,14,20H,12-13,15H2,1-3H3,(H,25,29). The number of carbonyl (C=O) groups is 2. The van der Waals surface area contributed by atoms with Gasteiger partial charge in [0.05, 0.1) is 23.1 Å². The SMILES string of the molecule is CNC(=O)c1ccc(CN(C(=O)c2cnn(-c3ccccc3C)c2C)C2CC2)cc1. The van der Waals surface area contributed by atoms with Crippen molar-refractivity contribution in [3.63, 3.8) is 0 Å². The molecule has 6 nitrogen and oxygen atoms in total. The zero-order valence-electron chi connectivity index (χ0n) is 17.6. The van der Waals surface area contributed by atoms with Crippen molar-refractivity contribution >= 4 is 11.8 Å². The van der Waals surface area contributed by atoms with Gasteiger partial charge in [0.1, 0.15) is 0 Å². The zero-order chi connectivity index (χ0) is 21.3. The molecule has 4 rings (SSSR count). The summed E-state index contributed by atoms with van der Waals surface area (Å²) in [5, 5.41) is 7.12. The highest BCUT2D eigenvalue weighted by Crippen LogP contribution is 2.31. The predicted octanol–water partition coefficient (Wildman–Crippen LogP) is 3.65. The van der Waals surface area contributed by atoms with E-state index in [0.717, 1.165) is 35.3 Å². The molecular formula is C24H26N4O2. The molecule has 0 spiro atoms. The molecule has 0 saturated heterocycles. The smallest absolute Gasteiger partial charge is 0.257 e. The van der Waals surface area contributed by atoms with Crippen molar-refractivity contribution in [1.29, 1.82) is 0 Å². The van der Waals surface area contributed by atoms with Crippen molar-refractivity contribution in [1.82, 2.24) is 20.0 Å². The minimum Gasteiger partial charge on any atom is -0.355 e. The highest BCUT2D eigenvalue weighted by Gasteiger charge is 2.34. The van der Waals surface area contributed by atoms with E-state index in [-0.39, 0.29) is 17.9 Å². The lowest BCUT2D eigenvalue weighted by molar-refractivity contribution is 0.0728. The molecule has 154 valence electrons. The quantitative estimate of drug-likeness (QED) is 0.684. The van der Waals surface area contributed by atoms with Crippen molar-refractivity contribution < 1.29 is 9.59 Å². The summed E-state index contributed by atoms with van der Waals surface area (Å²) in [6.07, 6.45) is 3.72. The van der Waals surface area contributed by atoms with Crippen LogP contribution in [0.5, 0.6) is 0 Å². The lowest BCUT2D eigenvalue weighted by Gasteiger charge is -2.22. The van der Waals surface area contributed by atoms with Crippen LogP contribution in [0.3, 0.4) is 0 Å². The van der Waals surface area contributed by atoms with E-state index >= 15 is 0 Å². The normalized spacial score (nSPS) is 13.2. The zero-order valence-corrected chi connectivity index (χ0v) is 17.6. The number of nitrogens with zero attached hydrogens (tertiary/aromatic N) is 3. The monoisotopic (exact) mass is 402 g/mol. The van der Waals surface area contributed by atoms with Gasteiger partial charge in [0.2, 0.25) is 0 Å². The fourth-order valence-corrected chi connectivity index (χ4v) is 3.67. The summed E-state index contributed by atoms with van der Waals surface area (Å²) in [7, 11) is 1.61. The number of para-hydroxylation sites is 1. The van der Waals surface area contributed by atoms with E-state index in [1.54, 1.807) is 25.4 Å². The van der Waals surface area contributed by atoms with Crippen LogP contribution >= 0.6 is 0 Å². The first-order valence-electron chi connectivity index (χ1n) is 10.2. The van der Waals surface area contributed by atoms with Crippen molar-refractivity contribution in [2.24, 2.45) is 0 Å². The van der Waals surface area contributed by atoms with Crippen molar-refractivity contribution in [2.45, 2.75) is 39.3 Å². The molecule has 1 aliphatic rings. The molecule has 3 aromatic rings. The molecule has 1 heterocycles. The van der Waals surface area contributed by atoms with Crippen LogP contribution in [0.25, 0.3) is 5.69 Å². The molecule has 6 heteroatoms. The van der Waals surface area contributed by atoms with Gasteiger partial charge in [0.15, 0.2) is 0 Å². The van der Waals surface area contributed by atoms with Gasteiger partial charge in [-0.15, -0.1) is 0 Å². The maximum atomic E-state index is 13.4. The summed E-state index contributed by atoms with van der Waals surface area (Å²) in [4.78, 5) is 27.1. The summed E-state index contributed by atoms with van der Waals surface area (Å²) in [6, 6.07) is 15.7. The van der Waals surface area contributed by atoms with Crippen molar-refractivity contribution in [3.8, 4) is 5.69 Å². The number of rotatable bonds is 6. The number of hydrogen-bond donors (Lipinski definition) is 1. The molecule has 1 aromatic heterocycles. The molecule has 1 fully saturated rings. The van der Waals surface area contributed by atoms with Crippen LogP contribution in [0.2, 0.25) is 0 Å². The Morgan fingerprint density at radius 2 is 1.80 bits per heavy atom. The molecule has 2 amide bonds. The second kappa shape index (κ2) is 8.14. The molecule has 2 aromatic carbocycles. The van der Waals surface area contributed by atoms with Crippen LogP contribution < -0.4 is 5.32 Å². The van der Waals surface area contributed by atoms with E-state index in [4.69, 9.17) is 0 Å². The number of amides is 2. The summed E-state index contributed by atoms with van der Waals surface area (Å²) in [5.41, 5.74) is 5.18. The Morgan fingerprint density at radius 1 is 1.10 bits per heavy atom. The van der Waals surface area contributed by atoms with Crippen LogP contribution in [-0.4, -0.2) is 39.6 Å². The Labute approximate surface area is 176 Å². The van der Waals surface area contributed by atoms with Crippen molar-refractivity contribution in [2.75, 3.05) is 7.05 Å². The molecule has 0 radical (unpaired) electrons. The van der Waals surface area contributed by atoms with Gasteiger partial charge in [-0.1, -0.05) is 30.3 Å². The van der Waals surface area contributed by atoms with E-state index in [1.807, 2.05) is 59.8 Å². The molecule has 1 N–H and O–H groups in total. The molecule has 0 bridgehead atoms. The van der Waals surface area contributed by atoms with Gasteiger partial charge in [-0.25, -0.2) is 4.68 Å². The van der Waals surface area contributed by atoms with Gasteiger partial charge in [-0.2, -0.15) is 5.10 Å². The second-order valence-corrected chi connectivity index (χ2v) is 7.78. The molecule has 30 heavy (non-hydrogen) atoms. The lowest BCUT2D eigenvalue weighted by Crippen LogP contribution is -2.33. The molecular weight excluding hydrogens is 376 g/mol. The summed E-state index contributed by atoms with van der Waals surface area (Å²) in [5.74, 6) is -0.110. The fourth-order valence-electron chi connectivity index (χ4n) is 3.67. The van der Waals surface area contributed by atoms with E-state index in [2.05, 4.69) is 10.4 Å². The highest BCUT2D eigenvalue weighted by atomic mass is 16.2. The van der Waals surface area contributed by atoms with Gasteiger partial charge >= 0.3 is 0 Å². The summed E-state index contributed by atoms with van der Waals surface area (Å²) in [6.45, 7) is 4.50.